The number of amides is 2. The molecule has 30 heavy (non-hydrogen) atoms. The summed E-state index contributed by atoms with van der Waals surface area (Å²) < 4.78 is 7.25. The number of anilines is 1. The summed E-state index contributed by atoms with van der Waals surface area (Å²) in [6.45, 7) is 4.45. The van der Waals surface area contributed by atoms with Crippen LogP contribution in [0.4, 0.5) is 5.69 Å². The van der Waals surface area contributed by atoms with E-state index >= 15 is 0 Å². The summed E-state index contributed by atoms with van der Waals surface area (Å²) in [5.41, 5.74) is 3.06. The van der Waals surface area contributed by atoms with Gasteiger partial charge in [-0.15, -0.1) is 0 Å². The number of rotatable bonds is 8. The molecule has 7 heteroatoms. The van der Waals surface area contributed by atoms with Gasteiger partial charge in [-0.25, -0.2) is 4.98 Å². The third-order valence-electron chi connectivity index (χ3n) is 4.76. The predicted octanol–water partition coefficient (Wildman–Crippen LogP) is 3.72. The van der Waals surface area contributed by atoms with Gasteiger partial charge in [0.15, 0.2) is 0 Å². The van der Waals surface area contributed by atoms with Gasteiger partial charge in [0.25, 0.3) is 5.91 Å². The summed E-state index contributed by atoms with van der Waals surface area (Å²) >= 11 is 0. The highest BCUT2D eigenvalue weighted by atomic mass is 16.5. The molecule has 1 aromatic heterocycles. The molecule has 3 rings (SSSR count). The molecular weight excluding hydrogens is 380 g/mol. The number of carbonyl (C=O) groups excluding carboxylic acids is 2. The Morgan fingerprint density at radius 1 is 1.20 bits per heavy atom. The zero-order valence-corrected chi connectivity index (χ0v) is 17.4. The van der Waals surface area contributed by atoms with Crippen molar-refractivity contribution in [1.82, 2.24) is 14.9 Å². The first kappa shape index (κ1) is 21.1. The molecule has 2 amide bonds. The van der Waals surface area contributed by atoms with Gasteiger partial charge in [-0.1, -0.05) is 23.8 Å². The molecule has 3 aromatic rings. The number of aryl methyl sites for hydroxylation is 2. The number of carbonyl (C=O) groups is 2. The van der Waals surface area contributed by atoms with E-state index in [2.05, 4.69) is 15.6 Å². The maximum Gasteiger partial charge on any atom is 0.251 e. The van der Waals surface area contributed by atoms with Crippen molar-refractivity contribution in [2.45, 2.75) is 32.9 Å². The lowest BCUT2D eigenvalue weighted by molar-refractivity contribution is -0.116. The molecule has 0 aliphatic carbocycles. The lowest BCUT2D eigenvalue weighted by Gasteiger charge is -2.18. The quantitative estimate of drug-likeness (QED) is 0.597. The van der Waals surface area contributed by atoms with Gasteiger partial charge in [-0.2, -0.15) is 0 Å². The van der Waals surface area contributed by atoms with Crippen LogP contribution in [-0.2, 0) is 11.3 Å². The molecule has 0 radical (unpaired) electrons. The maximum absolute atomic E-state index is 12.8. The van der Waals surface area contributed by atoms with Gasteiger partial charge in [0.05, 0.1) is 19.5 Å². The first-order valence-electron chi connectivity index (χ1n) is 9.77. The topological polar surface area (TPSA) is 85.3 Å². The van der Waals surface area contributed by atoms with Crippen LogP contribution in [0.25, 0.3) is 0 Å². The number of methoxy groups -OCH3 is 1. The Labute approximate surface area is 176 Å². The fourth-order valence-electron chi connectivity index (χ4n) is 3.16. The molecule has 0 fully saturated rings. The smallest absolute Gasteiger partial charge is 0.251 e. The van der Waals surface area contributed by atoms with Crippen LogP contribution in [-0.4, -0.2) is 28.5 Å². The van der Waals surface area contributed by atoms with Crippen molar-refractivity contribution in [1.29, 1.82) is 0 Å². The second kappa shape index (κ2) is 9.73. The Bertz CT molecular complexity index is 1020. The van der Waals surface area contributed by atoms with Crippen molar-refractivity contribution >= 4 is 17.5 Å². The summed E-state index contributed by atoms with van der Waals surface area (Å²) in [7, 11) is 1.61. The van der Waals surface area contributed by atoms with Crippen LogP contribution in [0, 0.1) is 6.92 Å². The number of nitrogens with zero attached hydrogens (tertiary/aromatic N) is 2. The SMILES string of the molecule is COc1ccc(C)cc1C(C)NC(=O)c1cccc(NC(=O)CCn2ccnc2)c1. The molecular formula is C23H26N4O3. The zero-order valence-electron chi connectivity index (χ0n) is 17.4. The van der Waals surface area contributed by atoms with Gasteiger partial charge in [0.1, 0.15) is 5.75 Å². The number of hydrogen-bond donors (Lipinski definition) is 2. The van der Waals surface area contributed by atoms with Crippen molar-refractivity contribution in [3.8, 4) is 5.75 Å². The fourth-order valence-corrected chi connectivity index (χ4v) is 3.16. The Morgan fingerprint density at radius 3 is 2.77 bits per heavy atom. The van der Waals surface area contributed by atoms with E-state index in [4.69, 9.17) is 4.74 Å². The highest BCUT2D eigenvalue weighted by Crippen LogP contribution is 2.26. The highest BCUT2D eigenvalue weighted by molar-refractivity contribution is 5.97. The number of ether oxygens (including phenoxy) is 1. The van der Waals surface area contributed by atoms with E-state index in [0.717, 1.165) is 16.9 Å². The van der Waals surface area contributed by atoms with Gasteiger partial charge < -0.3 is 19.9 Å². The highest BCUT2D eigenvalue weighted by Gasteiger charge is 2.16. The van der Waals surface area contributed by atoms with Gasteiger partial charge in [0.2, 0.25) is 5.91 Å². The van der Waals surface area contributed by atoms with Crippen molar-refractivity contribution in [2.24, 2.45) is 0 Å². The zero-order chi connectivity index (χ0) is 21.5. The number of benzene rings is 2. The minimum atomic E-state index is -0.235. The second-order valence-corrected chi connectivity index (χ2v) is 7.12. The van der Waals surface area contributed by atoms with Crippen LogP contribution in [0.3, 0.4) is 0 Å². The third kappa shape index (κ3) is 5.47. The Hall–Kier alpha value is -3.61. The van der Waals surface area contributed by atoms with Crippen molar-refractivity contribution in [3.05, 3.63) is 77.9 Å². The minimum absolute atomic E-state index is 0.126. The number of imidazole rings is 1. The van der Waals surface area contributed by atoms with Crippen LogP contribution in [0.5, 0.6) is 5.75 Å². The summed E-state index contributed by atoms with van der Waals surface area (Å²) in [5, 5.41) is 5.83. The largest absolute Gasteiger partial charge is 0.496 e. The Morgan fingerprint density at radius 2 is 2.03 bits per heavy atom. The van der Waals surface area contributed by atoms with Gasteiger partial charge in [-0.3, -0.25) is 9.59 Å². The molecule has 1 atom stereocenters. The van der Waals surface area contributed by atoms with E-state index < -0.39 is 0 Å². The Kier molecular flexibility index (Phi) is 6.85. The average Bonchev–Trinajstić information content (AvgIpc) is 3.26. The number of hydrogen-bond acceptors (Lipinski definition) is 4. The molecule has 0 aliphatic heterocycles. The van der Waals surface area contributed by atoms with Crippen LogP contribution in [0.2, 0.25) is 0 Å². The lowest BCUT2D eigenvalue weighted by atomic mass is 10.0. The molecule has 0 spiro atoms. The van der Waals surface area contributed by atoms with Crippen LogP contribution in [0.15, 0.2) is 61.2 Å². The second-order valence-electron chi connectivity index (χ2n) is 7.12. The van der Waals surface area contributed by atoms with Gasteiger partial charge in [0, 0.05) is 42.2 Å². The monoisotopic (exact) mass is 406 g/mol. The molecule has 0 saturated carbocycles. The standard InChI is InChI=1S/C23H26N4O3/c1-16-7-8-21(30-3)20(13-16)17(2)25-23(29)18-5-4-6-19(14-18)26-22(28)9-11-27-12-10-24-15-27/h4-8,10,12-15,17H,9,11H2,1-3H3,(H,25,29)(H,26,28). The summed E-state index contributed by atoms with van der Waals surface area (Å²) in [6.07, 6.45) is 5.47. The van der Waals surface area contributed by atoms with Crippen molar-refractivity contribution in [3.63, 3.8) is 0 Å². The Balaban J connectivity index is 1.62. The van der Waals surface area contributed by atoms with E-state index in [-0.39, 0.29) is 17.9 Å². The fraction of sp³-hybridized carbons (Fsp3) is 0.261. The van der Waals surface area contributed by atoms with Crippen molar-refractivity contribution in [2.75, 3.05) is 12.4 Å². The van der Waals surface area contributed by atoms with E-state index in [0.29, 0.717) is 24.2 Å². The van der Waals surface area contributed by atoms with Crippen molar-refractivity contribution < 1.29 is 14.3 Å². The number of aromatic nitrogens is 2. The van der Waals surface area contributed by atoms with E-state index in [1.807, 2.05) is 42.8 Å². The van der Waals surface area contributed by atoms with Gasteiger partial charge in [-0.05, 0) is 38.1 Å². The maximum atomic E-state index is 12.8. The minimum Gasteiger partial charge on any atom is -0.496 e. The van der Waals surface area contributed by atoms with Gasteiger partial charge >= 0.3 is 0 Å². The normalized spacial score (nSPS) is 11.6. The molecule has 1 unspecified atom stereocenters. The lowest BCUT2D eigenvalue weighted by Crippen LogP contribution is -2.27. The van der Waals surface area contributed by atoms with Crippen LogP contribution >= 0.6 is 0 Å². The summed E-state index contributed by atoms with van der Waals surface area (Å²) in [5.74, 6) is 0.381. The summed E-state index contributed by atoms with van der Waals surface area (Å²) in [4.78, 5) is 28.9. The average molecular weight is 406 g/mol. The van der Waals surface area contributed by atoms with E-state index in [1.165, 1.54) is 0 Å². The predicted molar refractivity (Wildman–Crippen MR) is 116 cm³/mol. The van der Waals surface area contributed by atoms with Crippen LogP contribution in [0.1, 0.15) is 40.9 Å². The molecule has 0 aliphatic rings. The number of nitrogens with one attached hydrogen (secondary N) is 2. The molecule has 0 bridgehead atoms. The first-order valence-corrected chi connectivity index (χ1v) is 9.77. The molecule has 0 saturated heterocycles. The molecule has 7 nitrogen and oxygen atoms in total. The van der Waals surface area contributed by atoms with E-state index in [9.17, 15) is 9.59 Å². The molecule has 1 heterocycles. The van der Waals surface area contributed by atoms with Crippen LogP contribution < -0.4 is 15.4 Å². The van der Waals surface area contributed by atoms with E-state index in [1.54, 1.807) is 43.9 Å². The molecule has 156 valence electrons. The summed E-state index contributed by atoms with van der Waals surface area (Å²) in [6, 6.07) is 12.5. The molecule has 2 aromatic carbocycles. The first-order chi connectivity index (χ1) is 14.5. The third-order valence-corrected chi connectivity index (χ3v) is 4.76. The molecule has 2 N–H and O–H groups in total.